The van der Waals surface area contributed by atoms with Gasteiger partial charge in [0.25, 0.3) is 5.91 Å². The maximum atomic E-state index is 15.1. The van der Waals surface area contributed by atoms with Gasteiger partial charge >= 0.3 is 6.18 Å². The van der Waals surface area contributed by atoms with Crippen LogP contribution in [0.3, 0.4) is 0 Å². The van der Waals surface area contributed by atoms with E-state index in [-0.39, 0.29) is 35.5 Å². The quantitative estimate of drug-likeness (QED) is 0.195. The van der Waals surface area contributed by atoms with E-state index in [9.17, 15) is 22.4 Å². The van der Waals surface area contributed by atoms with Crippen LogP contribution in [0.1, 0.15) is 34.3 Å². The van der Waals surface area contributed by atoms with Gasteiger partial charge in [-0.15, -0.1) is 0 Å². The molecule has 43 heavy (non-hydrogen) atoms. The highest BCUT2D eigenvalue weighted by Gasteiger charge is 2.35. The summed E-state index contributed by atoms with van der Waals surface area (Å²) in [5, 5.41) is 8.21. The van der Waals surface area contributed by atoms with Gasteiger partial charge in [-0.05, 0) is 56.7 Å². The summed E-state index contributed by atoms with van der Waals surface area (Å²) in [5.74, 6) is -2.71. The molecule has 2 heterocycles. The van der Waals surface area contributed by atoms with E-state index in [4.69, 9.17) is 4.74 Å². The summed E-state index contributed by atoms with van der Waals surface area (Å²) in [6.45, 7) is 1.51. The number of aromatic nitrogens is 2. The fourth-order valence-electron chi connectivity index (χ4n) is 4.57. The van der Waals surface area contributed by atoms with Crippen LogP contribution in [-0.4, -0.2) is 67.4 Å². The Morgan fingerprint density at radius 3 is 2.56 bits per heavy atom. The predicted molar refractivity (Wildman–Crippen MR) is 157 cm³/mol. The van der Waals surface area contributed by atoms with Crippen molar-refractivity contribution in [3.8, 4) is 5.75 Å². The summed E-state index contributed by atoms with van der Waals surface area (Å²) in [4.78, 5) is 22.7. The molecule has 3 aromatic rings. The van der Waals surface area contributed by atoms with Crippen molar-refractivity contribution in [1.82, 2.24) is 20.2 Å². The van der Waals surface area contributed by atoms with Crippen molar-refractivity contribution in [1.29, 1.82) is 0 Å². The second kappa shape index (κ2) is 13.6. The van der Waals surface area contributed by atoms with Crippen LogP contribution in [0, 0.1) is 11.6 Å². The number of nitrogens with one attached hydrogen (secondary N) is 3. The predicted octanol–water partition coefficient (Wildman–Crippen LogP) is 5.68. The Balaban J connectivity index is 1.58. The molecule has 232 valence electrons. The van der Waals surface area contributed by atoms with Gasteiger partial charge in [0.05, 0.1) is 24.0 Å². The molecule has 3 N–H and O–H groups in total. The number of halogens is 5. The first-order chi connectivity index (χ1) is 20.4. The van der Waals surface area contributed by atoms with E-state index in [2.05, 4.69) is 30.8 Å². The normalized spacial score (nSPS) is 14.3. The van der Waals surface area contributed by atoms with Crippen molar-refractivity contribution in [2.45, 2.75) is 31.6 Å². The fourth-order valence-corrected chi connectivity index (χ4v) is 4.94. The minimum Gasteiger partial charge on any atom is -0.495 e. The molecule has 1 saturated heterocycles. The molecule has 2 aromatic carbocycles. The molecule has 15 heteroatoms. The summed E-state index contributed by atoms with van der Waals surface area (Å²) >= 11 is 1.30. The van der Waals surface area contributed by atoms with Gasteiger partial charge in [0.1, 0.15) is 28.8 Å². The zero-order valence-corrected chi connectivity index (χ0v) is 24.8. The van der Waals surface area contributed by atoms with Crippen LogP contribution in [-0.2, 0) is 12.7 Å². The molecular weight excluding hydrogens is 593 g/mol. The number of amides is 1. The number of carbonyl (C=O) groups excluding carboxylic acids is 1. The van der Waals surface area contributed by atoms with E-state index >= 15 is 4.39 Å². The standard InChI is InChI=1S/C28H32F5N7O2S/c1-39-9-7-18(8-10-39)36-26(41)19-12-24(42-3)22(13-21(19)30)37-27-35-15-20(28(31,32)33)25(38-27)34-14-16-5-6-17(29)11-23(16)40(2)43-4/h5-6,11-13,15,18H,7-10,14H2,1-4H3,(H,36,41)(H2,34,35,37,38). The van der Waals surface area contributed by atoms with Crippen molar-refractivity contribution in [2.75, 3.05) is 55.5 Å². The summed E-state index contributed by atoms with van der Waals surface area (Å²) < 4.78 is 77.4. The highest BCUT2D eigenvalue weighted by molar-refractivity contribution is 7.99. The minimum atomic E-state index is -4.78. The first-order valence-electron chi connectivity index (χ1n) is 13.3. The molecule has 1 fully saturated rings. The number of piperidine rings is 1. The Morgan fingerprint density at radius 1 is 1.19 bits per heavy atom. The lowest BCUT2D eigenvalue weighted by atomic mass is 10.0. The number of methoxy groups -OCH3 is 1. The van der Waals surface area contributed by atoms with Gasteiger partial charge in [0, 0.05) is 38.2 Å². The van der Waals surface area contributed by atoms with Crippen LogP contribution in [0.4, 0.5) is 45.1 Å². The molecule has 4 rings (SSSR count). The topological polar surface area (TPSA) is 94.7 Å². The van der Waals surface area contributed by atoms with Crippen LogP contribution in [0.25, 0.3) is 0 Å². The molecule has 1 amide bonds. The largest absolute Gasteiger partial charge is 0.495 e. The van der Waals surface area contributed by atoms with E-state index < -0.39 is 35.1 Å². The number of hydrogen-bond acceptors (Lipinski definition) is 9. The number of carbonyl (C=O) groups is 1. The average Bonchev–Trinajstić information content (AvgIpc) is 2.96. The number of alkyl halides is 3. The molecule has 0 radical (unpaired) electrons. The third-order valence-corrected chi connectivity index (χ3v) is 7.78. The fraction of sp³-hybridized carbons (Fsp3) is 0.393. The van der Waals surface area contributed by atoms with Crippen LogP contribution in [0.5, 0.6) is 5.75 Å². The average molecular weight is 626 g/mol. The van der Waals surface area contributed by atoms with Gasteiger partial charge in [0.15, 0.2) is 0 Å². The van der Waals surface area contributed by atoms with Crippen molar-refractivity contribution in [3.05, 3.63) is 64.9 Å². The smallest absolute Gasteiger partial charge is 0.421 e. The molecule has 0 spiro atoms. The van der Waals surface area contributed by atoms with Gasteiger partial charge in [-0.25, -0.2) is 13.8 Å². The molecule has 1 aromatic heterocycles. The van der Waals surface area contributed by atoms with Crippen molar-refractivity contribution in [2.24, 2.45) is 0 Å². The summed E-state index contributed by atoms with van der Waals surface area (Å²) in [7, 11) is 5.00. The zero-order chi connectivity index (χ0) is 31.3. The van der Waals surface area contributed by atoms with Crippen molar-refractivity contribution >= 4 is 41.0 Å². The van der Waals surface area contributed by atoms with Gasteiger partial charge < -0.3 is 29.9 Å². The molecule has 9 nitrogen and oxygen atoms in total. The highest BCUT2D eigenvalue weighted by Crippen LogP contribution is 2.36. The maximum absolute atomic E-state index is 15.1. The molecule has 0 bridgehead atoms. The van der Waals surface area contributed by atoms with Crippen molar-refractivity contribution in [3.63, 3.8) is 0 Å². The lowest BCUT2D eigenvalue weighted by Crippen LogP contribution is -2.43. The summed E-state index contributed by atoms with van der Waals surface area (Å²) in [6, 6.07) is 6.08. The SMILES string of the molecule is COc1cc(C(=O)NC2CCN(C)CC2)c(F)cc1Nc1ncc(C(F)(F)F)c(NCc2ccc(F)cc2N(C)SC)n1. The number of nitrogens with zero attached hydrogens (tertiary/aromatic N) is 4. The zero-order valence-electron chi connectivity index (χ0n) is 24.0. The van der Waals surface area contributed by atoms with E-state index in [1.54, 1.807) is 17.6 Å². The number of ether oxygens (including phenoxy) is 1. The Bertz CT molecular complexity index is 1450. The first kappa shape index (κ1) is 32.1. The number of benzene rings is 2. The minimum absolute atomic E-state index is 0.00367. The first-order valence-corrected chi connectivity index (χ1v) is 14.5. The van der Waals surface area contributed by atoms with E-state index in [0.29, 0.717) is 17.4 Å². The lowest BCUT2D eigenvalue weighted by Gasteiger charge is -2.29. The third kappa shape index (κ3) is 7.96. The lowest BCUT2D eigenvalue weighted by molar-refractivity contribution is -0.137. The molecule has 0 unspecified atom stereocenters. The Hall–Kier alpha value is -3.85. The molecule has 0 atom stereocenters. The van der Waals surface area contributed by atoms with Crippen molar-refractivity contribution < 1.29 is 31.5 Å². The van der Waals surface area contributed by atoms with Crippen LogP contribution in [0.15, 0.2) is 36.5 Å². The second-order valence-electron chi connectivity index (χ2n) is 9.97. The molecular formula is C28H32F5N7O2S. The Kier molecular flexibility index (Phi) is 10.2. The van der Waals surface area contributed by atoms with Gasteiger partial charge in [-0.3, -0.25) is 4.79 Å². The third-order valence-electron chi connectivity index (χ3n) is 7.03. The van der Waals surface area contributed by atoms with Crippen LogP contribution >= 0.6 is 11.9 Å². The molecule has 0 saturated carbocycles. The molecule has 0 aliphatic carbocycles. The van der Waals surface area contributed by atoms with E-state index in [1.165, 1.54) is 43.3 Å². The number of rotatable bonds is 10. The Labute approximate surface area is 250 Å². The summed E-state index contributed by atoms with van der Waals surface area (Å²) in [5.41, 5.74) is -0.358. The van der Waals surface area contributed by atoms with Crippen LogP contribution in [0.2, 0.25) is 0 Å². The number of hydrogen-bond donors (Lipinski definition) is 3. The highest BCUT2D eigenvalue weighted by atomic mass is 32.2. The second-order valence-corrected chi connectivity index (χ2v) is 10.9. The Morgan fingerprint density at radius 2 is 1.91 bits per heavy atom. The summed E-state index contributed by atoms with van der Waals surface area (Å²) in [6.07, 6.45) is -0.936. The van der Waals surface area contributed by atoms with Gasteiger partial charge in [-0.1, -0.05) is 18.0 Å². The van der Waals surface area contributed by atoms with Gasteiger partial charge in [-0.2, -0.15) is 18.2 Å². The monoisotopic (exact) mass is 625 g/mol. The van der Waals surface area contributed by atoms with E-state index in [0.717, 1.165) is 32.0 Å². The molecule has 1 aliphatic rings. The number of likely N-dealkylation sites (tertiary alicyclic amines) is 1. The van der Waals surface area contributed by atoms with Crippen LogP contribution < -0.4 is 25.0 Å². The maximum Gasteiger partial charge on any atom is 0.421 e. The number of anilines is 4. The van der Waals surface area contributed by atoms with Gasteiger partial charge in [0.2, 0.25) is 5.95 Å². The van der Waals surface area contributed by atoms with E-state index in [1.807, 2.05) is 7.05 Å². The molecule has 1 aliphatic heterocycles.